The van der Waals surface area contributed by atoms with Crippen LogP contribution in [0.1, 0.15) is 17.3 Å². The van der Waals surface area contributed by atoms with E-state index in [9.17, 15) is 9.59 Å². The Morgan fingerprint density at radius 1 is 0.867 bits per heavy atom. The molecule has 0 atom stereocenters. The van der Waals surface area contributed by atoms with Gasteiger partial charge < -0.3 is 10.6 Å². The van der Waals surface area contributed by atoms with Gasteiger partial charge in [0.15, 0.2) is 0 Å². The molecule has 0 fully saturated rings. The zero-order valence-corrected chi connectivity index (χ0v) is 16.8. The molecule has 30 heavy (non-hydrogen) atoms. The van der Waals surface area contributed by atoms with Crippen molar-refractivity contribution in [3.63, 3.8) is 0 Å². The Bertz CT molecular complexity index is 1270. The third kappa shape index (κ3) is 4.14. The smallest absolute Gasteiger partial charge is 0.257 e. The maximum atomic E-state index is 12.7. The number of carbonyl (C=O) groups excluding carboxylic acids is 2. The van der Waals surface area contributed by atoms with Crippen molar-refractivity contribution in [3.05, 3.63) is 83.6 Å². The molecule has 0 unspecified atom stereocenters. The standard InChI is InChI=1S/C23H17ClN4O2/c1-14(29)27-17-9-10-18(20(24)12-17)23(30)28-16-6-4-5-15(11-16)22-19-7-2-3-8-21(19)25-13-26-22/h2-13H,1H3,(H,27,29)(H,28,30). The summed E-state index contributed by atoms with van der Waals surface area (Å²) in [5.41, 5.74) is 3.95. The molecule has 6 nitrogen and oxygen atoms in total. The number of anilines is 2. The Balaban J connectivity index is 1.61. The van der Waals surface area contributed by atoms with Crippen molar-refractivity contribution in [2.45, 2.75) is 6.92 Å². The van der Waals surface area contributed by atoms with E-state index in [1.807, 2.05) is 42.5 Å². The van der Waals surface area contributed by atoms with Crippen LogP contribution in [-0.4, -0.2) is 21.8 Å². The van der Waals surface area contributed by atoms with Crippen LogP contribution in [-0.2, 0) is 4.79 Å². The van der Waals surface area contributed by atoms with E-state index in [0.717, 1.165) is 22.2 Å². The molecule has 4 aromatic rings. The predicted octanol–water partition coefficient (Wildman–Crippen LogP) is 5.16. The van der Waals surface area contributed by atoms with Gasteiger partial charge in [0.1, 0.15) is 6.33 Å². The first kappa shape index (κ1) is 19.5. The summed E-state index contributed by atoms with van der Waals surface area (Å²) in [6.07, 6.45) is 1.53. The second-order valence-electron chi connectivity index (χ2n) is 6.65. The summed E-state index contributed by atoms with van der Waals surface area (Å²) in [6.45, 7) is 1.41. The molecule has 1 aromatic heterocycles. The van der Waals surface area contributed by atoms with Gasteiger partial charge in [0, 0.05) is 29.2 Å². The average molecular weight is 417 g/mol. The zero-order valence-electron chi connectivity index (χ0n) is 16.0. The highest BCUT2D eigenvalue weighted by Crippen LogP contribution is 2.28. The van der Waals surface area contributed by atoms with Crippen LogP contribution in [0.25, 0.3) is 22.2 Å². The minimum absolute atomic E-state index is 0.211. The minimum Gasteiger partial charge on any atom is -0.326 e. The van der Waals surface area contributed by atoms with Gasteiger partial charge in [-0.05, 0) is 36.4 Å². The summed E-state index contributed by atoms with van der Waals surface area (Å²) in [5.74, 6) is -0.559. The fourth-order valence-electron chi connectivity index (χ4n) is 3.16. The Kier molecular flexibility index (Phi) is 5.41. The number of nitrogens with zero attached hydrogens (tertiary/aromatic N) is 2. The summed E-state index contributed by atoms with van der Waals surface area (Å²) in [7, 11) is 0. The molecule has 0 bridgehead atoms. The minimum atomic E-state index is -0.348. The molecule has 0 aliphatic heterocycles. The number of hydrogen-bond acceptors (Lipinski definition) is 4. The van der Waals surface area contributed by atoms with Crippen molar-refractivity contribution in [2.75, 3.05) is 10.6 Å². The van der Waals surface area contributed by atoms with Crippen molar-refractivity contribution >= 4 is 45.7 Å². The summed E-state index contributed by atoms with van der Waals surface area (Å²) in [4.78, 5) is 32.6. The zero-order chi connectivity index (χ0) is 21.1. The first-order valence-electron chi connectivity index (χ1n) is 9.20. The van der Waals surface area contributed by atoms with Gasteiger partial charge in [-0.2, -0.15) is 0 Å². The Hall–Kier alpha value is -3.77. The number of hydrogen-bond donors (Lipinski definition) is 2. The fourth-order valence-corrected chi connectivity index (χ4v) is 3.42. The first-order valence-corrected chi connectivity index (χ1v) is 9.58. The number of fused-ring (bicyclic) bond motifs is 1. The highest BCUT2D eigenvalue weighted by atomic mass is 35.5. The quantitative estimate of drug-likeness (QED) is 0.481. The lowest BCUT2D eigenvalue weighted by molar-refractivity contribution is -0.114. The van der Waals surface area contributed by atoms with Crippen LogP contribution in [0.4, 0.5) is 11.4 Å². The van der Waals surface area contributed by atoms with Crippen molar-refractivity contribution in [1.29, 1.82) is 0 Å². The van der Waals surface area contributed by atoms with Crippen molar-refractivity contribution in [2.24, 2.45) is 0 Å². The van der Waals surface area contributed by atoms with Gasteiger partial charge in [-0.25, -0.2) is 9.97 Å². The van der Waals surface area contributed by atoms with Crippen LogP contribution in [0, 0.1) is 0 Å². The molecule has 0 saturated heterocycles. The molecule has 0 aliphatic rings. The predicted molar refractivity (Wildman–Crippen MR) is 119 cm³/mol. The fraction of sp³-hybridized carbons (Fsp3) is 0.0435. The summed E-state index contributed by atoms with van der Waals surface area (Å²) in [6, 6.07) is 19.9. The Morgan fingerprint density at radius 3 is 2.47 bits per heavy atom. The van der Waals surface area contributed by atoms with Crippen LogP contribution in [0.15, 0.2) is 73.1 Å². The number of rotatable bonds is 4. The van der Waals surface area contributed by atoms with Gasteiger partial charge in [0.05, 0.1) is 21.8 Å². The SMILES string of the molecule is CC(=O)Nc1ccc(C(=O)Nc2cccc(-c3ncnc4ccccc34)c2)c(Cl)c1. The summed E-state index contributed by atoms with van der Waals surface area (Å²) in [5, 5.41) is 6.68. The van der Waals surface area contributed by atoms with Gasteiger partial charge in [0.25, 0.3) is 5.91 Å². The molecule has 0 spiro atoms. The van der Waals surface area contributed by atoms with E-state index in [-0.39, 0.29) is 16.8 Å². The number of halogens is 1. The van der Waals surface area contributed by atoms with E-state index >= 15 is 0 Å². The van der Waals surface area contributed by atoms with Gasteiger partial charge >= 0.3 is 0 Å². The lowest BCUT2D eigenvalue weighted by atomic mass is 10.1. The summed E-state index contributed by atoms with van der Waals surface area (Å²) < 4.78 is 0. The third-order valence-electron chi connectivity index (χ3n) is 4.47. The van der Waals surface area contributed by atoms with E-state index in [4.69, 9.17) is 11.6 Å². The molecule has 2 N–H and O–H groups in total. The average Bonchev–Trinajstić information content (AvgIpc) is 2.73. The number of aromatic nitrogens is 2. The second kappa shape index (κ2) is 8.31. The third-order valence-corrected chi connectivity index (χ3v) is 4.78. The van der Waals surface area contributed by atoms with Crippen LogP contribution < -0.4 is 10.6 Å². The van der Waals surface area contributed by atoms with Gasteiger partial charge in [-0.1, -0.05) is 41.9 Å². The largest absolute Gasteiger partial charge is 0.326 e. The maximum absolute atomic E-state index is 12.7. The first-order chi connectivity index (χ1) is 14.5. The molecule has 3 aromatic carbocycles. The van der Waals surface area contributed by atoms with Crippen LogP contribution in [0.2, 0.25) is 5.02 Å². The van der Waals surface area contributed by atoms with E-state index in [0.29, 0.717) is 16.9 Å². The second-order valence-corrected chi connectivity index (χ2v) is 7.06. The molecule has 1 heterocycles. The van der Waals surface area contributed by atoms with Gasteiger partial charge in [0.2, 0.25) is 5.91 Å². The lowest BCUT2D eigenvalue weighted by Gasteiger charge is -2.10. The molecular formula is C23H17ClN4O2. The highest BCUT2D eigenvalue weighted by molar-refractivity contribution is 6.34. The van der Waals surface area contributed by atoms with Crippen molar-refractivity contribution in [3.8, 4) is 11.3 Å². The highest BCUT2D eigenvalue weighted by Gasteiger charge is 2.13. The molecule has 148 valence electrons. The number of carbonyl (C=O) groups is 2. The van der Waals surface area contributed by atoms with Gasteiger partial charge in [-0.15, -0.1) is 0 Å². The van der Waals surface area contributed by atoms with E-state index < -0.39 is 0 Å². The lowest BCUT2D eigenvalue weighted by Crippen LogP contribution is -2.13. The number of benzene rings is 3. The normalized spacial score (nSPS) is 10.6. The number of para-hydroxylation sites is 1. The molecule has 7 heteroatoms. The van der Waals surface area contributed by atoms with E-state index in [1.165, 1.54) is 13.3 Å². The van der Waals surface area contributed by atoms with Gasteiger partial charge in [-0.3, -0.25) is 9.59 Å². The van der Waals surface area contributed by atoms with E-state index in [2.05, 4.69) is 20.6 Å². The Labute approximate surface area is 177 Å². The summed E-state index contributed by atoms with van der Waals surface area (Å²) >= 11 is 6.24. The monoisotopic (exact) mass is 416 g/mol. The van der Waals surface area contributed by atoms with E-state index in [1.54, 1.807) is 24.3 Å². The van der Waals surface area contributed by atoms with Crippen LogP contribution in [0.3, 0.4) is 0 Å². The molecule has 2 amide bonds. The van der Waals surface area contributed by atoms with Crippen molar-refractivity contribution in [1.82, 2.24) is 9.97 Å². The number of amides is 2. The molecule has 4 rings (SSSR count). The molecule has 0 aliphatic carbocycles. The molecule has 0 radical (unpaired) electrons. The van der Waals surface area contributed by atoms with Crippen molar-refractivity contribution < 1.29 is 9.59 Å². The maximum Gasteiger partial charge on any atom is 0.257 e. The van der Waals surface area contributed by atoms with Crippen LogP contribution in [0.5, 0.6) is 0 Å². The number of nitrogens with one attached hydrogen (secondary N) is 2. The van der Waals surface area contributed by atoms with Crippen LogP contribution >= 0.6 is 11.6 Å². The Morgan fingerprint density at radius 2 is 1.67 bits per heavy atom. The molecule has 0 saturated carbocycles. The molecular weight excluding hydrogens is 400 g/mol. The topological polar surface area (TPSA) is 84.0 Å².